The van der Waals surface area contributed by atoms with Gasteiger partial charge in [0.15, 0.2) is 5.82 Å². The van der Waals surface area contributed by atoms with E-state index in [1.807, 2.05) is 11.8 Å². The summed E-state index contributed by atoms with van der Waals surface area (Å²) in [4.78, 5) is 18.0. The maximum atomic E-state index is 12.0. The first-order chi connectivity index (χ1) is 7.72. The molecule has 1 aliphatic rings. The monoisotopic (exact) mass is 223 g/mol. The van der Waals surface area contributed by atoms with Gasteiger partial charge >= 0.3 is 0 Å². The smallest absolute Gasteiger partial charge is 0.293 e. The van der Waals surface area contributed by atoms with Crippen molar-refractivity contribution in [2.45, 2.75) is 32.4 Å². The number of anilines is 1. The lowest BCUT2D eigenvalue weighted by atomic mass is 10.1. The van der Waals surface area contributed by atoms with Gasteiger partial charge in [-0.3, -0.25) is 4.79 Å². The molecular weight excluding hydrogens is 206 g/mol. The molecule has 88 valence electrons. The normalized spacial score (nSPS) is 21.1. The minimum atomic E-state index is -0.342. The number of nitrogens with zero attached hydrogens (tertiary/aromatic N) is 3. The maximum Gasteiger partial charge on any atom is 0.293 e. The molecule has 1 atom stereocenters. The molecule has 2 heterocycles. The van der Waals surface area contributed by atoms with Gasteiger partial charge in [-0.2, -0.15) is 0 Å². The lowest BCUT2D eigenvalue weighted by molar-refractivity contribution is 0.153. The van der Waals surface area contributed by atoms with E-state index in [4.69, 9.17) is 0 Å². The van der Waals surface area contributed by atoms with Crippen LogP contribution in [0.3, 0.4) is 0 Å². The zero-order chi connectivity index (χ0) is 11.5. The molecule has 0 amide bonds. The molecule has 0 aliphatic carbocycles. The van der Waals surface area contributed by atoms with Crippen molar-refractivity contribution in [3.8, 4) is 0 Å². The molecular formula is C11H17N3O2. The number of piperidine rings is 1. The predicted molar refractivity (Wildman–Crippen MR) is 61.6 cm³/mol. The quantitative estimate of drug-likeness (QED) is 0.779. The molecule has 0 spiro atoms. The van der Waals surface area contributed by atoms with Crippen molar-refractivity contribution in [1.82, 2.24) is 9.55 Å². The first-order valence-corrected chi connectivity index (χ1v) is 5.71. The minimum absolute atomic E-state index is 0.0703. The summed E-state index contributed by atoms with van der Waals surface area (Å²) in [6.07, 6.45) is 4.70. The summed E-state index contributed by atoms with van der Waals surface area (Å²) in [7, 11) is 0. The van der Waals surface area contributed by atoms with Crippen LogP contribution in [0.25, 0.3) is 0 Å². The third kappa shape index (κ3) is 2.09. The van der Waals surface area contributed by atoms with Crippen LogP contribution in [-0.2, 0) is 6.54 Å². The van der Waals surface area contributed by atoms with Crippen LogP contribution in [0.15, 0.2) is 17.2 Å². The highest BCUT2D eigenvalue weighted by Crippen LogP contribution is 2.14. The number of aliphatic hydroxyl groups excluding tert-OH is 1. The van der Waals surface area contributed by atoms with Crippen molar-refractivity contribution in [1.29, 1.82) is 0 Å². The third-order valence-corrected chi connectivity index (χ3v) is 2.93. The van der Waals surface area contributed by atoms with Gasteiger partial charge in [0.1, 0.15) is 0 Å². The number of aromatic nitrogens is 2. The second-order valence-corrected chi connectivity index (χ2v) is 4.08. The van der Waals surface area contributed by atoms with Gasteiger partial charge in [0, 0.05) is 32.0 Å². The maximum absolute atomic E-state index is 12.0. The van der Waals surface area contributed by atoms with Crippen molar-refractivity contribution in [3.63, 3.8) is 0 Å². The van der Waals surface area contributed by atoms with Crippen molar-refractivity contribution < 1.29 is 5.11 Å². The van der Waals surface area contributed by atoms with Gasteiger partial charge in [0.25, 0.3) is 5.56 Å². The largest absolute Gasteiger partial charge is 0.391 e. The van der Waals surface area contributed by atoms with Crippen LogP contribution < -0.4 is 10.5 Å². The van der Waals surface area contributed by atoms with Crippen molar-refractivity contribution in [3.05, 3.63) is 22.7 Å². The Labute approximate surface area is 94.3 Å². The summed E-state index contributed by atoms with van der Waals surface area (Å²) < 4.78 is 1.63. The molecule has 5 nitrogen and oxygen atoms in total. The zero-order valence-electron chi connectivity index (χ0n) is 9.46. The average Bonchev–Trinajstić information content (AvgIpc) is 2.29. The number of aryl methyl sites for hydroxylation is 1. The molecule has 2 rings (SSSR count). The molecule has 1 unspecified atom stereocenters. The molecule has 1 saturated heterocycles. The summed E-state index contributed by atoms with van der Waals surface area (Å²) in [5.74, 6) is 0.461. The number of hydrogen-bond donors (Lipinski definition) is 1. The van der Waals surface area contributed by atoms with Gasteiger partial charge < -0.3 is 14.6 Å². The molecule has 16 heavy (non-hydrogen) atoms. The fraction of sp³-hybridized carbons (Fsp3) is 0.636. The second-order valence-electron chi connectivity index (χ2n) is 4.08. The highest BCUT2D eigenvalue weighted by atomic mass is 16.3. The van der Waals surface area contributed by atoms with E-state index in [-0.39, 0.29) is 11.7 Å². The van der Waals surface area contributed by atoms with Gasteiger partial charge in [-0.25, -0.2) is 4.98 Å². The standard InChI is InChI=1S/C11H17N3O2/c1-2-13-7-5-12-10(11(13)16)14-6-3-4-9(15)8-14/h5,7,9,15H,2-4,6,8H2,1H3. The lowest BCUT2D eigenvalue weighted by Gasteiger charge is -2.30. The van der Waals surface area contributed by atoms with Crippen LogP contribution >= 0.6 is 0 Å². The third-order valence-electron chi connectivity index (χ3n) is 2.93. The van der Waals surface area contributed by atoms with E-state index in [0.29, 0.717) is 18.9 Å². The Morgan fingerprint density at radius 3 is 3.12 bits per heavy atom. The molecule has 0 radical (unpaired) electrons. The number of hydrogen-bond acceptors (Lipinski definition) is 4. The Hall–Kier alpha value is -1.36. The Balaban J connectivity index is 2.29. The Kier molecular flexibility index (Phi) is 3.24. The van der Waals surface area contributed by atoms with Gasteiger partial charge in [0.2, 0.25) is 0 Å². The molecule has 1 N–H and O–H groups in total. The molecule has 1 aliphatic heterocycles. The van der Waals surface area contributed by atoms with E-state index in [0.717, 1.165) is 19.4 Å². The number of rotatable bonds is 2. The fourth-order valence-electron chi connectivity index (χ4n) is 2.05. The predicted octanol–water partition coefficient (Wildman–Crippen LogP) is 0.224. The highest BCUT2D eigenvalue weighted by Gasteiger charge is 2.21. The lowest BCUT2D eigenvalue weighted by Crippen LogP contribution is -2.42. The summed E-state index contributed by atoms with van der Waals surface area (Å²) in [5, 5.41) is 9.58. The summed E-state index contributed by atoms with van der Waals surface area (Å²) in [6, 6.07) is 0. The highest BCUT2D eigenvalue weighted by molar-refractivity contribution is 5.36. The zero-order valence-corrected chi connectivity index (χ0v) is 9.46. The summed E-state index contributed by atoms with van der Waals surface area (Å²) in [6.45, 7) is 3.88. The molecule has 1 aromatic rings. The van der Waals surface area contributed by atoms with Crippen LogP contribution in [0.1, 0.15) is 19.8 Å². The first kappa shape index (κ1) is 11.1. The Morgan fingerprint density at radius 2 is 2.44 bits per heavy atom. The SMILES string of the molecule is CCn1ccnc(N2CCCC(O)C2)c1=O. The molecule has 0 aromatic carbocycles. The Bertz CT molecular complexity index is 416. The fourth-order valence-corrected chi connectivity index (χ4v) is 2.05. The van der Waals surface area contributed by atoms with Crippen LogP contribution in [0.5, 0.6) is 0 Å². The van der Waals surface area contributed by atoms with Crippen LogP contribution in [0, 0.1) is 0 Å². The average molecular weight is 223 g/mol. The Morgan fingerprint density at radius 1 is 1.62 bits per heavy atom. The summed E-state index contributed by atoms with van der Waals surface area (Å²) in [5.41, 5.74) is -0.0703. The summed E-state index contributed by atoms with van der Waals surface area (Å²) >= 11 is 0. The number of aliphatic hydroxyl groups is 1. The van der Waals surface area contributed by atoms with Crippen LogP contribution in [-0.4, -0.2) is 33.9 Å². The van der Waals surface area contributed by atoms with E-state index < -0.39 is 0 Å². The van der Waals surface area contributed by atoms with Crippen LogP contribution in [0.4, 0.5) is 5.82 Å². The van der Waals surface area contributed by atoms with Gasteiger partial charge in [-0.15, -0.1) is 0 Å². The topological polar surface area (TPSA) is 58.4 Å². The molecule has 0 saturated carbocycles. The minimum Gasteiger partial charge on any atom is -0.391 e. The van der Waals surface area contributed by atoms with Gasteiger partial charge in [-0.1, -0.05) is 0 Å². The van der Waals surface area contributed by atoms with E-state index in [1.54, 1.807) is 17.0 Å². The van der Waals surface area contributed by atoms with E-state index >= 15 is 0 Å². The van der Waals surface area contributed by atoms with E-state index in [1.165, 1.54) is 0 Å². The van der Waals surface area contributed by atoms with Crippen molar-refractivity contribution in [2.24, 2.45) is 0 Å². The van der Waals surface area contributed by atoms with E-state index in [2.05, 4.69) is 4.98 Å². The second kappa shape index (κ2) is 4.65. The van der Waals surface area contributed by atoms with Crippen LogP contribution in [0.2, 0.25) is 0 Å². The van der Waals surface area contributed by atoms with Gasteiger partial charge in [0.05, 0.1) is 6.10 Å². The van der Waals surface area contributed by atoms with Crippen molar-refractivity contribution in [2.75, 3.05) is 18.0 Å². The van der Waals surface area contributed by atoms with Crippen molar-refractivity contribution >= 4 is 5.82 Å². The molecule has 0 bridgehead atoms. The first-order valence-electron chi connectivity index (χ1n) is 5.71. The molecule has 1 fully saturated rings. The van der Waals surface area contributed by atoms with Gasteiger partial charge in [-0.05, 0) is 19.8 Å². The molecule has 1 aromatic heterocycles. The van der Waals surface area contributed by atoms with E-state index in [9.17, 15) is 9.90 Å². The molecule has 5 heteroatoms. The number of β-amino-alcohol motifs (C(OH)–C–C–N with tert-alkyl or cyclic N) is 1.